The van der Waals surface area contributed by atoms with Gasteiger partial charge in [-0.15, -0.1) is 0 Å². The lowest BCUT2D eigenvalue weighted by molar-refractivity contribution is -0.114. The highest BCUT2D eigenvalue weighted by Gasteiger charge is 2.09. The highest BCUT2D eigenvalue weighted by molar-refractivity contribution is 5.92. The topological polar surface area (TPSA) is 55.4 Å². The zero-order chi connectivity index (χ0) is 12.8. The molecule has 0 aromatic heterocycles. The third-order valence-corrected chi connectivity index (χ3v) is 2.07. The van der Waals surface area contributed by atoms with Crippen LogP contribution in [-0.4, -0.2) is 18.0 Å². The van der Waals surface area contributed by atoms with Gasteiger partial charge in [0.15, 0.2) is 0 Å². The Morgan fingerprint density at radius 3 is 2.41 bits per heavy atom. The molecule has 0 aliphatic carbocycles. The molecule has 0 saturated carbocycles. The number of amides is 1. The third-order valence-electron chi connectivity index (χ3n) is 2.07. The predicted octanol–water partition coefficient (Wildman–Crippen LogP) is 2.38. The number of hydrogen-bond donors (Lipinski definition) is 1. The van der Waals surface area contributed by atoms with E-state index in [9.17, 15) is 9.59 Å². The largest absolute Gasteiger partial charge is 0.455 e. The Balaban J connectivity index is 2.70. The van der Waals surface area contributed by atoms with Gasteiger partial charge in [0.1, 0.15) is 6.10 Å². The molecule has 4 heteroatoms. The molecule has 0 bridgehead atoms. The van der Waals surface area contributed by atoms with E-state index in [1.54, 1.807) is 37.3 Å². The molecule has 1 rings (SSSR count). The van der Waals surface area contributed by atoms with Crippen LogP contribution in [0.2, 0.25) is 0 Å². The van der Waals surface area contributed by atoms with Gasteiger partial charge in [0.2, 0.25) is 5.91 Å². The molecule has 1 atom stereocenters. The summed E-state index contributed by atoms with van der Waals surface area (Å²) in [6, 6.07) is 6.50. The number of anilines is 1. The molecule has 17 heavy (non-hydrogen) atoms. The number of esters is 1. The molecule has 0 unspecified atom stereocenters. The molecular formula is C13H15NO3. The van der Waals surface area contributed by atoms with Crippen molar-refractivity contribution >= 4 is 17.6 Å². The van der Waals surface area contributed by atoms with Crippen LogP contribution >= 0.6 is 0 Å². The number of carbonyl (C=O) groups is 2. The summed E-state index contributed by atoms with van der Waals surface area (Å²) in [6.45, 7) is 6.69. The summed E-state index contributed by atoms with van der Waals surface area (Å²) in [5, 5.41) is 2.62. The average molecular weight is 233 g/mol. The van der Waals surface area contributed by atoms with E-state index in [-0.39, 0.29) is 12.0 Å². The first-order valence-corrected chi connectivity index (χ1v) is 5.24. The standard InChI is InChI=1S/C13H15NO3/c1-4-9(2)17-13(16)11-5-7-12(8-6-11)14-10(3)15/h4-9H,1H2,2-3H3,(H,14,15)/t9-/m1/s1. The minimum atomic E-state index is -0.410. The summed E-state index contributed by atoms with van der Waals surface area (Å²) in [6.07, 6.45) is 1.22. The fourth-order valence-electron chi connectivity index (χ4n) is 1.18. The number of rotatable bonds is 4. The van der Waals surface area contributed by atoms with Crippen LogP contribution < -0.4 is 5.32 Å². The van der Waals surface area contributed by atoms with Gasteiger partial charge in [0, 0.05) is 12.6 Å². The monoisotopic (exact) mass is 233 g/mol. The highest BCUT2D eigenvalue weighted by Crippen LogP contribution is 2.11. The maximum absolute atomic E-state index is 11.6. The molecule has 0 radical (unpaired) electrons. The van der Waals surface area contributed by atoms with E-state index in [0.29, 0.717) is 11.3 Å². The van der Waals surface area contributed by atoms with E-state index >= 15 is 0 Å². The molecule has 0 saturated heterocycles. The second kappa shape index (κ2) is 5.84. The van der Waals surface area contributed by atoms with Crippen LogP contribution in [0.1, 0.15) is 24.2 Å². The van der Waals surface area contributed by atoms with Gasteiger partial charge in [-0.3, -0.25) is 4.79 Å². The molecule has 0 fully saturated rings. The van der Waals surface area contributed by atoms with Crippen molar-refractivity contribution in [2.75, 3.05) is 5.32 Å². The van der Waals surface area contributed by atoms with E-state index in [2.05, 4.69) is 11.9 Å². The van der Waals surface area contributed by atoms with E-state index in [0.717, 1.165) is 0 Å². The number of carbonyl (C=O) groups excluding carboxylic acids is 2. The first-order chi connectivity index (χ1) is 8.02. The lowest BCUT2D eigenvalue weighted by Gasteiger charge is -2.09. The van der Waals surface area contributed by atoms with Crippen molar-refractivity contribution in [2.45, 2.75) is 20.0 Å². The van der Waals surface area contributed by atoms with Crippen molar-refractivity contribution in [3.05, 3.63) is 42.5 Å². The number of nitrogens with one attached hydrogen (secondary N) is 1. The van der Waals surface area contributed by atoms with Gasteiger partial charge in [0.25, 0.3) is 0 Å². The zero-order valence-electron chi connectivity index (χ0n) is 9.90. The summed E-state index contributed by atoms with van der Waals surface area (Å²) in [5.74, 6) is -0.563. The van der Waals surface area contributed by atoms with Crippen molar-refractivity contribution in [2.24, 2.45) is 0 Å². The Bertz CT molecular complexity index is 423. The Morgan fingerprint density at radius 2 is 1.94 bits per heavy atom. The zero-order valence-corrected chi connectivity index (χ0v) is 9.90. The van der Waals surface area contributed by atoms with Crippen LogP contribution in [0.5, 0.6) is 0 Å². The summed E-state index contributed by atoms with van der Waals surface area (Å²) in [7, 11) is 0. The van der Waals surface area contributed by atoms with Gasteiger partial charge in [0.05, 0.1) is 5.56 Å². The third kappa shape index (κ3) is 4.10. The SMILES string of the molecule is C=C[C@@H](C)OC(=O)c1ccc(NC(C)=O)cc1. The molecule has 90 valence electrons. The van der Waals surface area contributed by atoms with Crippen LogP contribution in [0, 0.1) is 0 Å². The number of benzene rings is 1. The van der Waals surface area contributed by atoms with E-state index in [4.69, 9.17) is 4.74 Å². The average Bonchev–Trinajstić information content (AvgIpc) is 2.28. The van der Waals surface area contributed by atoms with Crippen LogP contribution in [0.4, 0.5) is 5.69 Å². The molecule has 1 amide bonds. The fraction of sp³-hybridized carbons (Fsp3) is 0.231. The van der Waals surface area contributed by atoms with Crippen molar-refractivity contribution in [1.82, 2.24) is 0 Å². The first kappa shape index (κ1) is 13.0. The predicted molar refractivity (Wildman–Crippen MR) is 65.8 cm³/mol. The number of ether oxygens (including phenoxy) is 1. The maximum atomic E-state index is 11.6. The summed E-state index contributed by atoms with van der Waals surface area (Å²) >= 11 is 0. The van der Waals surface area contributed by atoms with Crippen LogP contribution in [0.3, 0.4) is 0 Å². The van der Waals surface area contributed by atoms with Gasteiger partial charge in [-0.2, -0.15) is 0 Å². The Labute approximate surface area is 100 Å². The normalized spacial score (nSPS) is 11.4. The van der Waals surface area contributed by atoms with Crippen molar-refractivity contribution < 1.29 is 14.3 Å². The van der Waals surface area contributed by atoms with Crippen molar-refractivity contribution in [3.63, 3.8) is 0 Å². The minimum absolute atomic E-state index is 0.152. The van der Waals surface area contributed by atoms with Gasteiger partial charge < -0.3 is 10.1 Å². The van der Waals surface area contributed by atoms with Crippen LogP contribution in [-0.2, 0) is 9.53 Å². The molecule has 0 heterocycles. The molecular weight excluding hydrogens is 218 g/mol. The Kier molecular flexibility index (Phi) is 4.46. The summed E-state index contributed by atoms with van der Waals surface area (Å²) in [5.41, 5.74) is 1.08. The quantitative estimate of drug-likeness (QED) is 0.641. The lowest BCUT2D eigenvalue weighted by Crippen LogP contribution is -2.12. The molecule has 0 aliphatic heterocycles. The second-order valence-corrected chi connectivity index (χ2v) is 3.60. The summed E-state index contributed by atoms with van der Waals surface area (Å²) < 4.78 is 5.06. The van der Waals surface area contributed by atoms with Gasteiger partial charge >= 0.3 is 5.97 Å². The van der Waals surface area contributed by atoms with Crippen molar-refractivity contribution in [3.8, 4) is 0 Å². The maximum Gasteiger partial charge on any atom is 0.338 e. The Morgan fingerprint density at radius 1 is 1.35 bits per heavy atom. The van der Waals surface area contributed by atoms with Gasteiger partial charge in [-0.1, -0.05) is 12.7 Å². The molecule has 1 N–H and O–H groups in total. The molecule has 0 spiro atoms. The number of hydrogen-bond acceptors (Lipinski definition) is 3. The van der Waals surface area contributed by atoms with E-state index in [1.165, 1.54) is 6.92 Å². The summed E-state index contributed by atoms with van der Waals surface area (Å²) in [4.78, 5) is 22.4. The molecule has 4 nitrogen and oxygen atoms in total. The van der Waals surface area contributed by atoms with Crippen LogP contribution in [0.25, 0.3) is 0 Å². The smallest absolute Gasteiger partial charge is 0.338 e. The van der Waals surface area contributed by atoms with Crippen LogP contribution in [0.15, 0.2) is 36.9 Å². The second-order valence-electron chi connectivity index (χ2n) is 3.60. The fourth-order valence-corrected chi connectivity index (χ4v) is 1.18. The lowest BCUT2D eigenvalue weighted by atomic mass is 10.2. The highest BCUT2D eigenvalue weighted by atomic mass is 16.5. The van der Waals surface area contributed by atoms with E-state index in [1.807, 2.05) is 0 Å². The van der Waals surface area contributed by atoms with E-state index < -0.39 is 5.97 Å². The van der Waals surface area contributed by atoms with Gasteiger partial charge in [-0.05, 0) is 31.2 Å². The molecule has 0 aliphatic rings. The van der Waals surface area contributed by atoms with Gasteiger partial charge in [-0.25, -0.2) is 4.79 Å². The Hall–Kier alpha value is -2.10. The molecule has 1 aromatic rings. The first-order valence-electron chi connectivity index (χ1n) is 5.24. The molecule has 1 aromatic carbocycles. The van der Waals surface area contributed by atoms with Crippen molar-refractivity contribution in [1.29, 1.82) is 0 Å². The minimum Gasteiger partial charge on any atom is -0.455 e.